The molecule has 0 saturated heterocycles. The van der Waals surface area contributed by atoms with Crippen molar-refractivity contribution in [3.05, 3.63) is 56.7 Å². The van der Waals surface area contributed by atoms with Crippen LogP contribution < -0.4 is 0 Å². The molecule has 0 spiro atoms. The van der Waals surface area contributed by atoms with Crippen LogP contribution in [-0.4, -0.2) is 18.9 Å². The van der Waals surface area contributed by atoms with Crippen LogP contribution in [0.25, 0.3) is 0 Å². The Morgan fingerprint density at radius 2 is 1.80 bits per heavy atom. The summed E-state index contributed by atoms with van der Waals surface area (Å²) in [6.07, 6.45) is 0.532. The number of benzene rings is 1. The molecule has 3 nitrogen and oxygen atoms in total. The van der Waals surface area contributed by atoms with Crippen molar-refractivity contribution in [2.45, 2.75) is 12.8 Å². The molecule has 1 aromatic heterocycles. The van der Waals surface area contributed by atoms with Crippen LogP contribution in [0.2, 0.25) is 5.02 Å². The van der Waals surface area contributed by atoms with Crippen molar-refractivity contribution < 1.29 is 14.3 Å². The maximum atomic E-state index is 12.1. The van der Waals surface area contributed by atoms with Gasteiger partial charge in [0.15, 0.2) is 5.78 Å². The Morgan fingerprint density at radius 3 is 2.45 bits per heavy atom. The van der Waals surface area contributed by atoms with E-state index in [1.807, 2.05) is 12.1 Å². The molecule has 0 aliphatic heterocycles. The van der Waals surface area contributed by atoms with Gasteiger partial charge in [0.2, 0.25) is 0 Å². The van der Waals surface area contributed by atoms with Gasteiger partial charge in [-0.2, -0.15) is 0 Å². The van der Waals surface area contributed by atoms with Crippen LogP contribution in [0.4, 0.5) is 0 Å². The lowest BCUT2D eigenvalue weighted by molar-refractivity contribution is -0.139. The van der Waals surface area contributed by atoms with Gasteiger partial charge in [-0.05, 0) is 29.8 Å². The zero-order valence-electron chi connectivity index (χ0n) is 10.9. The third-order valence-corrected chi connectivity index (χ3v) is 4.14. The van der Waals surface area contributed by atoms with Gasteiger partial charge in [-0.3, -0.25) is 9.59 Å². The van der Waals surface area contributed by atoms with E-state index >= 15 is 0 Å². The van der Waals surface area contributed by atoms with Gasteiger partial charge in [0, 0.05) is 16.3 Å². The molecule has 20 heavy (non-hydrogen) atoms. The molecule has 0 saturated carbocycles. The molecule has 0 radical (unpaired) electrons. The van der Waals surface area contributed by atoms with Crippen LogP contribution >= 0.6 is 22.9 Å². The van der Waals surface area contributed by atoms with Gasteiger partial charge in [-0.25, -0.2) is 0 Å². The Balaban J connectivity index is 2.02. The largest absolute Gasteiger partial charge is 0.469 e. The minimum Gasteiger partial charge on any atom is -0.469 e. The van der Waals surface area contributed by atoms with Crippen LogP contribution in [0.15, 0.2) is 36.4 Å². The van der Waals surface area contributed by atoms with E-state index in [-0.39, 0.29) is 18.2 Å². The van der Waals surface area contributed by atoms with Crippen molar-refractivity contribution in [1.29, 1.82) is 0 Å². The fourth-order valence-electron chi connectivity index (χ4n) is 1.71. The minimum absolute atomic E-state index is 0.0356. The van der Waals surface area contributed by atoms with E-state index in [1.54, 1.807) is 24.3 Å². The van der Waals surface area contributed by atoms with Gasteiger partial charge in [-0.1, -0.05) is 23.7 Å². The van der Waals surface area contributed by atoms with Crippen LogP contribution in [0.5, 0.6) is 0 Å². The van der Waals surface area contributed by atoms with E-state index in [4.69, 9.17) is 11.6 Å². The normalized spacial score (nSPS) is 10.3. The zero-order chi connectivity index (χ0) is 14.5. The predicted octanol–water partition coefficient (Wildman–Crippen LogP) is 3.54. The lowest BCUT2D eigenvalue weighted by Crippen LogP contribution is -2.03. The van der Waals surface area contributed by atoms with E-state index in [0.29, 0.717) is 16.3 Å². The first-order valence-corrected chi connectivity index (χ1v) is 7.21. The highest BCUT2D eigenvalue weighted by Gasteiger charge is 2.12. The summed E-state index contributed by atoms with van der Waals surface area (Å²) in [7, 11) is 1.35. The number of thiophene rings is 1. The predicted molar refractivity (Wildman–Crippen MR) is 79.5 cm³/mol. The summed E-state index contributed by atoms with van der Waals surface area (Å²) in [4.78, 5) is 24.8. The fraction of sp³-hybridized carbons (Fsp3) is 0.200. The smallest absolute Gasteiger partial charge is 0.310 e. The monoisotopic (exact) mass is 308 g/mol. The number of halogens is 1. The van der Waals surface area contributed by atoms with Crippen molar-refractivity contribution in [1.82, 2.24) is 0 Å². The molecule has 0 aliphatic rings. The van der Waals surface area contributed by atoms with Gasteiger partial charge < -0.3 is 4.74 Å². The summed E-state index contributed by atoms with van der Waals surface area (Å²) in [5.74, 6) is -0.267. The molecular weight excluding hydrogens is 296 g/mol. The molecule has 0 N–H and O–H groups in total. The van der Waals surface area contributed by atoms with E-state index in [9.17, 15) is 9.59 Å². The molecule has 2 rings (SSSR count). The second-order valence-electron chi connectivity index (χ2n) is 4.25. The van der Waals surface area contributed by atoms with Gasteiger partial charge >= 0.3 is 5.97 Å². The Labute approximate surface area is 126 Å². The summed E-state index contributed by atoms with van der Waals surface area (Å²) < 4.78 is 4.60. The number of hydrogen-bond donors (Lipinski definition) is 0. The average molecular weight is 309 g/mol. The number of esters is 1. The molecule has 0 aliphatic carbocycles. The molecule has 0 fully saturated rings. The number of hydrogen-bond acceptors (Lipinski definition) is 4. The standard InChI is InChI=1S/C15H13ClO3S/c1-19-15(18)9-12-6-7-14(20-12)13(17)8-10-2-4-11(16)5-3-10/h2-7H,8-9H2,1H3. The van der Waals surface area contributed by atoms with Crippen molar-refractivity contribution in [2.75, 3.05) is 7.11 Å². The molecular formula is C15H13ClO3S. The van der Waals surface area contributed by atoms with Gasteiger partial charge in [0.05, 0.1) is 18.4 Å². The topological polar surface area (TPSA) is 43.4 Å². The number of rotatable bonds is 5. The Kier molecular flexibility index (Phi) is 4.93. The van der Waals surface area contributed by atoms with Crippen molar-refractivity contribution in [3.8, 4) is 0 Å². The van der Waals surface area contributed by atoms with Gasteiger partial charge in [-0.15, -0.1) is 11.3 Å². The SMILES string of the molecule is COC(=O)Cc1ccc(C(=O)Cc2ccc(Cl)cc2)s1. The maximum absolute atomic E-state index is 12.1. The first kappa shape index (κ1) is 14.8. The molecule has 5 heteroatoms. The highest BCUT2D eigenvalue weighted by Crippen LogP contribution is 2.20. The Morgan fingerprint density at radius 1 is 1.10 bits per heavy atom. The van der Waals surface area contributed by atoms with Crippen LogP contribution in [0.1, 0.15) is 20.1 Å². The second-order valence-corrected chi connectivity index (χ2v) is 5.85. The third kappa shape index (κ3) is 3.92. The van der Waals surface area contributed by atoms with Gasteiger partial charge in [0.25, 0.3) is 0 Å². The van der Waals surface area contributed by atoms with Crippen LogP contribution in [0.3, 0.4) is 0 Å². The molecule has 0 unspecified atom stereocenters. The molecule has 0 bridgehead atoms. The second kappa shape index (κ2) is 6.68. The highest BCUT2D eigenvalue weighted by molar-refractivity contribution is 7.14. The van der Waals surface area contributed by atoms with E-state index in [0.717, 1.165) is 10.4 Å². The zero-order valence-corrected chi connectivity index (χ0v) is 12.5. The summed E-state index contributed by atoms with van der Waals surface area (Å²) >= 11 is 7.13. The first-order chi connectivity index (χ1) is 9.58. The van der Waals surface area contributed by atoms with Crippen molar-refractivity contribution in [2.24, 2.45) is 0 Å². The Hall–Kier alpha value is -1.65. The number of carbonyl (C=O) groups excluding carboxylic acids is 2. The average Bonchev–Trinajstić information content (AvgIpc) is 2.89. The number of methoxy groups -OCH3 is 1. The molecule has 2 aromatic rings. The third-order valence-electron chi connectivity index (χ3n) is 2.76. The van der Waals surface area contributed by atoms with E-state index < -0.39 is 0 Å². The van der Waals surface area contributed by atoms with Crippen LogP contribution in [0, 0.1) is 0 Å². The molecule has 0 amide bonds. The summed E-state index contributed by atoms with van der Waals surface area (Å²) in [5, 5.41) is 0.651. The first-order valence-electron chi connectivity index (χ1n) is 6.01. The minimum atomic E-state index is -0.302. The Bertz CT molecular complexity index is 616. The van der Waals surface area contributed by atoms with Crippen molar-refractivity contribution >= 4 is 34.7 Å². The number of ether oxygens (including phenoxy) is 1. The van der Waals surface area contributed by atoms with Crippen LogP contribution in [-0.2, 0) is 22.4 Å². The maximum Gasteiger partial charge on any atom is 0.310 e. The summed E-state index contributed by atoms with van der Waals surface area (Å²) in [5.41, 5.74) is 0.919. The number of ketones is 1. The number of carbonyl (C=O) groups is 2. The molecule has 104 valence electrons. The summed E-state index contributed by atoms with van der Waals surface area (Å²) in [6, 6.07) is 10.7. The van der Waals surface area contributed by atoms with E-state index in [1.165, 1.54) is 18.4 Å². The lowest BCUT2D eigenvalue weighted by atomic mass is 10.1. The summed E-state index contributed by atoms with van der Waals surface area (Å²) in [6.45, 7) is 0. The molecule has 1 aromatic carbocycles. The fourth-order valence-corrected chi connectivity index (χ4v) is 2.77. The highest BCUT2D eigenvalue weighted by atomic mass is 35.5. The molecule has 0 atom stereocenters. The molecule has 1 heterocycles. The van der Waals surface area contributed by atoms with Gasteiger partial charge in [0.1, 0.15) is 0 Å². The number of Topliss-reactive ketones (excluding diaryl/α,β-unsaturated/α-hetero) is 1. The lowest BCUT2D eigenvalue weighted by Gasteiger charge is -1.99. The van der Waals surface area contributed by atoms with E-state index in [2.05, 4.69) is 4.74 Å². The van der Waals surface area contributed by atoms with Crippen molar-refractivity contribution in [3.63, 3.8) is 0 Å². The quantitative estimate of drug-likeness (QED) is 0.627.